The summed E-state index contributed by atoms with van der Waals surface area (Å²) in [4.78, 5) is 33.3. The number of alkyl halides is 3. The quantitative estimate of drug-likeness (QED) is 0.430. The molecule has 1 aromatic heterocycles. The van der Waals surface area contributed by atoms with Crippen LogP contribution in [0, 0.1) is 5.41 Å². The highest BCUT2D eigenvalue weighted by atomic mass is 19.4. The number of pyridine rings is 1. The summed E-state index contributed by atoms with van der Waals surface area (Å²) in [5, 5.41) is 15.8. The third-order valence-electron chi connectivity index (χ3n) is 9.58. The second-order valence-corrected chi connectivity index (χ2v) is 12.1. The van der Waals surface area contributed by atoms with Gasteiger partial charge in [-0.2, -0.15) is 13.2 Å². The van der Waals surface area contributed by atoms with Crippen LogP contribution in [0.15, 0.2) is 54.7 Å². The van der Waals surface area contributed by atoms with E-state index in [9.17, 15) is 27.9 Å². The van der Waals surface area contributed by atoms with Gasteiger partial charge in [-0.05, 0) is 79.4 Å². The Bertz CT molecular complexity index is 1510. The van der Waals surface area contributed by atoms with Gasteiger partial charge >= 0.3 is 6.18 Å². The lowest BCUT2D eigenvalue weighted by atomic mass is 9.63. The van der Waals surface area contributed by atoms with Crippen molar-refractivity contribution >= 4 is 22.7 Å². The third-order valence-corrected chi connectivity index (χ3v) is 9.58. The molecular formula is C32H35F3N4O3. The van der Waals surface area contributed by atoms with E-state index >= 15 is 0 Å². The van der Waals surface area contributed by atoms with E-state index in [1.54, 1.807) is 18.3 Å². The van der Waals surface area contributed by atoms with E-state index in [0.29, 0.717) is 32.5 Å². The lowest BCUT2D eigenvalue weighted by molar-refractivity contribution is -0.139. The average Bonchev–Trinajstić information content (AvgIpc) is 3.38. The monoisotopic (exact) mass is 580 g/mol. The molecule has 0 bridgehead atoms. The number of nitrogens with zero attached hydrogens (tertiary/aromatic N) is 3. The normalized spacial score (nSPS) is 27.6. The number of benzene rings is 2. The predicted octanol–water partition coefficient (Wildman–Crippen LogP) is 4.58. The highest BCUT2D eigenvalue weighted by Crippen LogP contribution is 2.52. The maximum Gasteiger partial charge on any atom is 0.416 e. The summed E-state index contributed by atoms with van der Waals surface area (Å²) in [6.07, 6.45) is -0.673. The van der Waals surface area contributed by atoms with Crippen molar-refractivity contribution in [1.82, 2.24) is 20.1 Å². The Morgan fingerprint density at radius 2 is 1.76 bits per heavy atom. The number of likely N-dealkylation sites (tertiary alicyclic amines) is 2. The van der Waals surface area contributed by atoms with Crippen LogP contribution in [0.4, 0.5) is 13.2 Å². The number of fused-ring (bicyclic) bond motifs is 1. The van der Waals surface area contributed by atoms with Crippen LogP contribution in [0.2, 0.25) is 0 Å². The summed E-state index contributed by atoms with van der Waals surface area (Å²) in [6.45, 7) is 6.29. The largest absolute Gasteiger partial charge is 0.416 e. The molecule has 1 spiro atoms. The second kappa shape index (κ2) is 10.7. The van der Waals surface area contributed by atoms with Crippen LogP contribution in [-0.4, -0.2) is 64.4 Å². The zero-order valence-corrected chi connectivity index (χ0v) is 23.6. The average molecular weight is 581 g/mol. The van der Waals surface area contributed by atoms with E-state index in [0.717, 1.165) is 65.8 Å². The number of aliphatic hydroxyl groups is 1. The maximum atomic E-state index is 13.1. The molecule has 3 aliphatic rings. The van der Waals surface area contributed by atoms with Crippen LogP contribution < -0.4 is 5.32 Å². The number of hydrogen-bond donors (Lipinski definition) is 2. The van der Waals surface area contributed by atoms with Crippen molar-refractivity contribution in [3.8, 4) is 0 Å². The molecule has 0 aliphatic carbocycles. The van der Waals surface area contributed by atoms with Crippen LogP contribution in [0.1, 0.15) is 60.8 Å². The standard InChI is InChI=1S/C32H35F3N4O3/c1-2-38-13-11-30(19-38)20-39(18-21-3-5-24(6-4-21)32(33,34)35)14-12-31(30,42)25-7-9-27-22(16-25)15-23(17-36-27)26-8-10-28(40)37-29(26)41/h3-7,9,15-17,26,42H,2,8,10-14,18-20H2,1H3,(H,37,40,41). The number of piperidine rings is 2. The maximum absolute atomic E-state index is 13.1. The topological polar surface area (TPSA) is 85.8 Å². The zero-order chi connectivity index (χ0) is 29.7. The van der Waals surface area contributed by atoms with Crippen molar-refractivity contribution in [1.29, 1.82) is 0 Å². The molecular weight excluding hydrogens is 545 g/mol. The second-order valence-electron chi connectivity index (χ2n) is 12.1. The van der Waals surface area contributed by atoms with Crippen molar-refractivity contribution in [2.45, 2.75) is 56.8 Å². The molecule has 4 heterocycles. The molecule has 2 N–H and O–H groups in total. The molecule has 222 valence electrons. The Kier molecular flexibility index (Phi) is 7.35. The van der Waals surface area contributed by atoms with E-state index in [4.69, 9.17) is 0 Å². The highest BCUT2D eigenvalue weighted by molar-refractivity contribution is 6.01. The van der Waals surface area contributed by atoms with Crippen LogP contribution in [0.3, 0.4) is 0 Å². The number of nitrogens with one attached hydrogen (secondary N) is 1. The van der Waals surface area contributed by atoms with Gasteiger partial charge in [0, 0.05) is 49.6 Å². The van der Waals surface area contributed by atoms with Gasteiger partial charge in [-0.25, -0.2) is 0 Å². The molecule has 10 heteroatoms. The van der Waals surface area contributed by atoms with E-state index in [1.165, 1.54) is 0 Å². The number of carbonyl (C=O) groups excluding carboxylic acids is 2. The number of imide groups is 1. The fourth-order valence-corrected chi connectivity index (χ4v) is 7.17. The van der Waals surface area contributed by atoms with Crippen molar-refractivity contribution in [2.24, 2.45) is 5.41 Å². The van der Waals surface area contributed by atoms with Gasteiger partial charge in [-0.15, -0.1) is 0 Å². The number of rotatable bonds is 5. The highest BCUT2D eigenvalue weighted by Gasteiger charge is 2.57. The number of carbonyl (C=O) groups is 2. The van der Waals surface area contributed by atoms with Gasteiger partial charge in [0.1, 0.15) is 0 Å². The van der Waals surface area contributed by atoms with Crippen LogP contribution in [0.25, 0.3) is 10.9 Å². The molecule has 6 rings (SSSR count). The van der Waals surface area contributed by atoms with Crippen molar-refractivity contribution < 1.29 is 27.9 Å². The van der Waals surface area contributed by atoms with E-state index in [2.05, 4.69) is 27.0 Å². The molecule has 3 unspecified atom stereocenters. The smallest absolute Gasteiger partial charge is 0.384 e. The van der Waals surface area contributed by atoms with Gasteiger partial charge < -0.3 is 10.0 Å². The first kappa shape index (κ1) is 28.8. The number of amides is 2. The fourth-order valence-electron chi connectivity index (χ4n) is 7.17. The number of aromatic nitrogens is 1. The van der Waals surface area contributed by atoms with Gasteiger partial charge in [0.2, 0.25) is 11.8 Å². The van der Waals surface area contributed by atoms with E-state index in [-0.39, 0.29) is 18.2 Å². The van der Waals surface area contributed by atoms with Gasteiger partial charge in [-0.1, -0.05) is 25.1 Å². The molecule has 0 saturated carbocycles. The summed E-state index contributed by atoms with van der Waals surface area (Å²) < 4.78 is 39.2. The molecule has 42 heavy (non-hydrogen) atoms. The molecule has 3 aliphatic heterocycles. The summed E-state index contributed by atoms with van der Waals surface area (Å²) in [5.74, 6) is -1.02. The van der Waals surface area contributed by atoms with Crippen LogP contribution >= 0.6 is 0 Å². The Hall–Kier alpha value is -3.34. The molecule has 0 radical (unpaired) electrons. The van der Waals surface area contributed by atoms with Crippen molar-refractivity contribution in [3.05, 3.63) is 77.0 Å². The molecule has 2 amide bonds. The molecule has 2 aromatic carbocycles. The van der Waals surface area contributed by atoms with Crippen LogP contribution in [0.5, 0.6) is 0 Å². The lowest BCUT2D eigenvalue weighted by Crippen LogP contribution is -2.59. The minimum absolute atomic E-state index is 0.262. The Labute approximate surface area is 242 Å². The molecule has 3 saturated heterocycles. The van der Waals surface area contributed by atoms with Crippen LogP contribution in [-0.2, 0) is 27.9 Å². The number of hydrogen-bond acceptors (Lipinski definition) is 6. The first-order chi connectivity index (χ1) is 20.0. The van der Waals surface area contributed by atoms with Crippen molar-refractivity contribution in [3.63, 3.8) is 0 Å². The van der Waals surface area contributed by atoms with E-state index in [1.807, 2.05) is 24.3 Å². The Balaban J connectivity index is 1.29. The van der Waals surface area contributed by atoms with Crippen molar-refractivity contribution in [2.75, 3.05) is 32.7 Å². The van der Waals surface area contributed by atoms with Gasteiger partial charge in [0.15, 0.2) is 0 Å². The summed E-state index contributed by atoms with van der Waals surface area (Å²) in [7, 11) is 0. The van der Waals surface area contributed by atoms with Gasteiger partial charge in [0.25, 0.3) is 0 Å². The zero-order valence-electron chi connectivity index (χ0n) is 23.6. The molecule has 3 atom stereocenters. The number of halogens is 3. The first-order valence-corrected chi connectivity index (χ1v) is 14.6. The first-order valence-electron chi connectivity index (χ1n) is 14.6. The summed E-state index contributed by atoms with van der Waals surface area (Å²) in [6, 6.07) is 13.1. The molecule has 3 fully saturated rings. The third kappa shape index (κ3) is 5.20. The summed E-state index contributed by atoms with van der Waals surface area (Å²) >= 11 is 0. The minimum atomic E-state index is -4.37. The lowest BCUT2D eigenvalue weighted by Gasteiger charge is -2.52. The Morgan fingerprint density at radius 1 is 1.02 bits per heavy atom. The van der Waals surface area contributed by atoms with E-state index < -0.39 is 28.7 Å². The minimum Gasteiger partial charge on any atom is -0.384 e. The SMILES string of the molecule is CCN1CCC2(C1)CN(Cc1ccc(C(F)(F)F)cc1)CCC2(O)c1ccc2ncc(C3CCC(=O)NC3=O)cc2c1. The summed E-state index contributed by atoms with van der Waals surface area (Å²) in [5.41, 5.74) is 0.888. The Morgan fingerprint density at radius 3 is 2.45 bits per heavy atom. The molecule has 7 nitrogen and oxygen atoms in total. The van der Waals surface area contributed by atoms with Gasteiger partial charge in [0.05, 0.1) is 22.6 Å². The fraction of sp³-hybridized carbons (Fsp3) is 0.469. The molecule has 3 aromatic rings. The van der Waals surface area contributed by atoms with Gasteiger partial charge in [-0.3, -0.25) is 24.8 Å². The predicted molar refractivity (Wildman–Crippen MR) is 151 cm³/mol.